The summed E-state index contributed by atoms with van der Waals surface area (Å²) in [6, 6.07) is 9.83. The van der Waals surface area contributed by atoms with Gasteiger partial charge in [0.25, 0.3) is 5.95 Å². The van der Waals surface area contributed by atoms with Crippen molar-refractivity contribution in [1.82, 2.24) is 19.7 Å². The highest BCUT2D eigenvalue weighted by Crippen LogP contribution is 2.27. The maximum Gasteiger partial charge on any atom is 0.356 e. The number of hydrogen-bond donors (Lipinski definition) is 1. The van der Waals surface area contributed by atoms with Gasteiger partial charge < -0.3 is 9.84 Å². The lowest BCUT2D eigenvalue weighted by molar-refractivity contribution is 0.0689. The number of nitrogens with zero attached hydrogens (tertiary/aromatic N) is 4. The second-order valence-electron chi connectivity index (χ2n) is 5.84. The minimum Gasteiger partial charge on any atom is -0.486 e. The Kier molecular flexibility index (Phi) is 3.89. The van der Waals surface area contributed by atoms with Gasteiger partial charge in [0.2, 0.25) is 0 Å². The third kappa shape index (κ3) is 2.96. The predicted octanol–water partition coefficient (Wildman–Crippen LogP) is 2.43. The molecule has 4 rings (SSSR count). The first-order valence-electron chi connectivity index (χ1n) is 8.05. The fourth-order valence-electron chi connectivity index (χ4n) is 3.01. The van der Waals surface area contributed by atoms with Gasteiger partial charge in [-0.1, -0.05) is 30.3 Å². The molecule has 0 amide bonds. The smallest absolute Gasteiger partial charge is 0.356 e. The maximum atomic E-state index is 11.3. The van der Waals surface area contributed by atoms with Gasteiger partial charge in [0.05, 0.1) is 18.1 Å². The average Bonchev–Trinajstić information content (AvgIpc) is 3.24. The molecular formula is C18H16N4O3. The molecule has 0 spiro atoms. The summed E-state index contributed by atoms with van der Waals surface area (Å²) < 4.78 is 7.20. The lowest BCUT2D eigenvalue weighted by atomic mass is 10.2. The van der Waals surface area contributed by atoms with Gasteiger partial charge in [-0.2, -0.15) is 5.10 Å². The average molecular weight is 336 g/mol. The van der Waals surface area contributed by atoms with Crippen LogP contribution in [0.4, 0.5) is 0 Å². The summed E-state index contributed by atoms with van der Waals surface area (Å²) in [6.07, 6.45) is 5.59. The second-order valence-corrected chi connectivity index (χ2v) is 5.84. The van der Waals surface area contributed by atoms with E-state index in [0.717, 1.165) is 36.1 Å². The van der Waals surface area contributed by atoms with Crippen LogP contribution in [0.1, 0.15) is 33.7 Å². The molecule has 1 aromatic carbocycles. The first-order valence-corrected chi connectivity index (χ1v) is 8.05. The molecule has 2 heterocycles. The van der Waals surface area contributed by atoms with E-state index in [1.165, 1.54) is 4.68 Å². The minimum atomic E-state index is -1.01. The number of carbonyl (C=O) groups is 1. The highest BCUT2D eigenvalue weighted by Gasteiger charge is 2.27. The first kappa shape index (κ1) is 15.3. The van der Waals surface area contributed by atoms with E-state index < -0.39 is 5.97 Å². The van der Waals surface area contributed by atoms with Crippen LogP contribution < -0.4 is 4.74 Å². The van der Waals surface area contributed by atoms with Crippen LogP contribution >= 0.6 is 0 Å². The largest absolute Gasteiger partial charge is 0.486 e. The monoisotopic (exact) mass is 336 g/mol. The summed E-state index contributed by atoms with van der Waals surface area (Å²) >= 11 is 0. The van der Waals surface area contributed by atoms with Gasteiger partial charge in [0, 0.05) is 5.56 Å². The number of benzene rings is 1. The van der Waals surface area contributed by atoms with Crippen molar-refractivity contribution < 1.29 is 14.6 Å². The summed E-state index contributed by atoms with van der Waals surface area (Å²) in [5.74, 6) is -0.104. The summed E-state index contributed by atoms with van der Waals surface area (Å²) in [6.45, 7) is 0.434. The van der Waals surface area contributed by atoms with Crippen molar-refractivity contribution in [1.29, 1.82) is 0 Å². The zero-order chi connectivity index (χ0) is 17.2. The van der Waals surface area contributed by atoms with Gasteiger partial charge in [-0.3, -0.25) is 0 Å². The van der Waals surface area contributed by atoms with E-state index in [1.807, 2.05) is 30.3 Å². The molecule has 7 nitrogen and oxygen atoms in total. The lowest BCUT2D eigenvalue weighted by Gasteiger charge is -2.07. The molecule has 0 unspecified atom stereocenters. The molecule has 126 valence electrons. The zero-order valence-electron chi connectivity index (χ0n) is 13.4. The number of aromatic carboxylic acids is 1. The van der Waals surface area contributed by atoms with E-state index in [1.54, 1.807) is 12.4 Å². The first-order chi connectivity index (χ1) is 12.2. The molecule has 7 heteroatoms. The summed E-state index contributed by atoms with van der Waals surface area (Å²) in [7, 11) is 0. The highest BCUT2D eigenvalue weighted by atomic mass is 16.5. The molecule has 0 fully saturated rings. The molecule has 1 aliphatic carbocycles. The number of fused-ring (bicyclic) bond motifs is 1. The molecule has 0 aliphatic heterocycles. The molecular weight excluding hydrogens is 320 g/mol. The van der Waals surface area contributed by atoms with E-state index >= 15 is 0 Å². The number of rotatable bonds is 5. The van der Waals surface area contributed by atoms with E-state index in [9.17, 15) is 9.90 Å². The summed E-state index contributed by atoms with van der Waals surface area (Å²) in [5.41, 5.74) is 2.83. The topological polar surface area (TPSA) is 90.1 Å². The standard InChI is InChI=1S/C18H16N4O3/c23-17(24)16-14-7-4-8-15(14)22(21-16)18-19-9-13(10-20-18)25-11-12-5-2-1-3-6-12/h1-3,5-6,9-10H,4,7-8,11H2,(H,23,24). The van der Waals surface area contributed by atoms with Crippen molar-refractivity contribution >= 4 is 5.97 Å². The Balaban J connectivity index is 1.55. The Morgan fingerprint density at radius 2 is 1.92 bits per heavy atom. The lowest BCUT2D eigenvalue weighted by Crippen LogP contribution is -2.08. The molecule has 0 atom stereocenters. The second kappa shape index (κ2) is 6.35. The number of carboxylic acid groups (broad SMARTS) is 1. The molecule has 3 aromatic rings. The highest BCUT2D eigenvalue weighted by molar-refractivity contribution is 5.87. The van der Waals surface area contributed by atoms with Gasteiger partial charge >= 0.3 is 5.97 Å². The fraction of sp³-hybridized carbons (Fsp3) is 0.222. The summed E-state index contributed by atoms with van der Waals surface area (Å²) in [5, 5.41) is 13.5. The van der Waals surface area contributed by atoms with E-state index in [4.69, 9.17) is 4.74 Å². The molecule has 0 saturated carbocycles. The van der Waals surface area contributed by atoms with Crippen molar-refractivity contribution in [2.24, 2.45) is 0 Å². The number of ether oxygens (including phenoxy) is 1. The zero-order valence-corrected chi connectivity index (χ0v) is 13.4. The van der Waals surface area contributed by atoms with E-state index in [2.05, 4.69) is 15.1 Å². The Labute approximate surface area is 143 Å². The molecule has 0 radical (unpaired) electrons. The van der Waals surface area contributed by atoms with Gasteiger partial charge in [-0.15, -0.1) is 0 Å². The third-order valence-corrected chi connectivity index (χ3v) is 4.19. The van der Waals surface area contributed by atoms with Crippen molar-refractivity contribution in [3.05, 3.63) is 65.2 Å². The van der Waals surface area contributed by atoms with E-state index in [0.29, 0.717) is 18.3 Å². The molecule has 1 aliphatic rings. The third-order valence-electron chi connectivity index (χ3n) is 4.19. The Hall–Kier alpha value is -3.22. The fourth-order valence-corrected chi connectivity index (χ4v) is 3.01. The van der Waals surface area contributed by atoms with Crippen LogP contribution in [0.5, 0.6) is 5.75 Å². The van der Waals surface area contributed by atoms with Crippen LogP contribution in [-0.2, 0) is 19.4 Å². The van der Waals surface area contributed by atoms with E-state index in [-0.39, 0.29) is 5.69 Å². The minimum absolute atomic E-state index is 0.0977. The van der Waals surface area contributed by atoms with Crippen molar-refractivity contribution in [2.75, 3.05) is 0 Å². The predicted molar refractivity (Wildman–Crippen MR) is 88.9 cm³/mol. The summed E-state index contributed by atoms with van der Waals surface area (Å²) in [4.78, 5) is 19.9. The Bertz CT molecular complexity index is 904. The van der Waals surface area contributed by atoms with Gasteiger partial charge in [-0.05, 0) is 24.8 Å². The molecule has 0 saturated heterocycles. The Morgan fingerprint density at radius 3 is 2.64 bits per heavy atom. The van der Waals surface area contributed by atoms with Crippen LogP contribution in [0.15, 0.2) is 42.7 Å². The number of carboxylic acids is 1. The molecule has 25 heavy (non-hydrogen) atoms. The van der Waals surface area contributed by atoms with Crippen molar-refractivity contribution in [3.63, 3.8) is 0 Å². The number of hydrogen-bond acceptors (Lipinski definition) is 5. The molecule has 1 N–H and O–H groups in total. The SMILES string of the molecule is O=C(O)c1nn(-c2ncc(OCc3ccccc3)cn2)c2c1CCC2. The quantitative estimate of drug-likeness (QED) is 0.769. The molecule has 0 bridgehead atoms. The normalized spacial score (nSPS) is 12.8. The van der Waals surface area contributed by atoms with Crippen LogP contribution in [0, 0.1) is 0 Å². The number of aromatic nitrogens is 4. The van der Waals surface area contributed by atoms with Crippen LogP contribution in [-0.4, -0.2) is 30.8 Å². The van der Waals surface area contributed by atoms with Gasteiger partial charge in [0.1, 0.15) is 6.61 Å². The van der Waals surface area contributed by atoms with Crippen molar-refractivity contribution in [3.8, 4) is 11.7 Å². The van der Waals surface area contributed by atoms with Crippen LogP contribution in [0.25, 0.3) is 5.95 Å². The maximum absolute atomic E-state index is 11.3. The van der Waals surface area contributed by atoms with Crippen molar-refractivity contribution in [2.45, 2.75) is 25.9 Å². The van der Waals surface area contributed by atoms with Crippen LogP contribution in [0.2, 0.25) is 0 Å². The molecule has 2 aromatic heterocycles. The van der Waals surface area contributed by atoms with Gasteiger partial charge in [-0.25, -0.2) is 19.4 Å². The Morgan fingerprint density at radius 1 is 1.16 bits per heavy atom. The van der Waals surface area contributed by atoms with Crippen LogP contribution in [0.3, 0.4) is 0 Å². The van der Waals surface area contributed by atoms with Gasteiger partial charge in [0.15, 0.2) is 11.4 Å².